The van der Waals surface area contributed by atoms with Gasteiger partial charge < -0.3 is 19.1 Å². The van der Waals surface area contributed by atoms with E-state index in [1.807, 2.05) is 65.0 Å². The summed E-state index contributed by atoms with van der Waals surface area (Å²) < 4.78 is 16.8. The Kier molecular flexibility index (Phi) is 6.82. The third kappa shape index (κ3) is 4.74. The number of hydrogen-bond acceptors (Lipinski definition) is 5. The second-order valence-corrected chi connectivity index (χ2v) is 9.42. The first kappa shape index (κ1) is 23.6. The van der Waals surface area contributed by atoms with Gasteiger partial charge in [0.15, 0.2) is 0 Å². The average Bonchev–Trinajstić information content (AvgIpc) is 2.85. The van der Waals surface area contributed by atoms with Crippen molar-refractivity contribution in [1.82, 2.24) is 0 Å². The second-order valence-electron chi connectivity index (χ2n) is 9.42. The molecule has 0 bridgehead atoms. The highest BCUT2D eigenvalue weighted by molar-refractivity contribution is 6.00. The van der Waals surface area contributed by atoms with Crippen LogP contribution in [0.2, 0.25) is 0 Å². The molecule has 172 valence electrons. The van der Waals surface area contributed by atoms with Gasteiger partial charge in [-0.1, -0.05) is 38.1 Å². The molecular weight excluding hydrogens is 406 g/mol. The maximum absolute atomic E-state index is 13.7. The highest BCUT2D eigenvalue weighted by Crippen LogP contribution is 2.42. The molecule has 6 nitrogen and oxygen atoms in total. The molecule has 1 heterocycles. The smallest absolute Gasteiger partial charge is 0.316 e. The molecule has 0 spiro atoms. The van der Waals surface area contributed by atoms with E-state index in [1.54, 1.807) is 31.3 Å². The van der Waals surface area contributed by atoms with Gasteiger partial charge in [-0.15, -0.1) is 0 Å². The minimum absolute atomic E-state index is 0.0329. The summed E-state index contributed by atoms with van der Waals surface area (Å²) in [5, 5.41) is 0. The quantitative estimate of drug-likeness (QED) is 0.630. The first-order chi connectivity index (χ1) is 15.1. The Morgan fingerprint density at radius 3 is 2.34 bits per heavy atom. The summed E-state index contributed by atoms with van der Waals surface area (Å²) in [5.74, 6) is 0.0396. The van der Waals surface area contributed by atoms with Crippen LogP contribution in [0.1, 0.15) is 51.7 Å². The van der Waals surface area contributed by atoms with Gasteiger partial charge in [-0.2, -0.15) is 0 Å². The molecule has 0 saturated carbocycles. The molecule has 0 aliphatic carbocycles. The van der Waals surface area contributed by atoms with Crippen molar-refractivity contribution in [3.05, 3.63) is 53.6 Å². The van der Waals surface area contributed by atoms with Gasteiger partial charge in [-0.25, -0.2) is 0 Å². The van der Waals surface area contributed by atoms with Crippen molar-refractivity contribution in [1.29, 1.82) is 0 Å². The molecule has 32 heavy (non-hydrogen) atoms. The predicted molar refractivity (Wildman–Crippen MR) is 124 cm³/mol. The summed E-state index contributed by atoms with van der Waals surface area (Å²) in [4.78, 5) is 28.9. The molecule has 2 atom stereocenters. The predicted octanol–water partition coefficient (Wildman–Crippen LogP) is 4.74. The highest BCUT2D eigenvalue weighted by atomic mass is 16.6. The Balaban J connectivity index is 2.23. The molecule has 2 aromatic carbocycles. The maximum atomic E-state index is 13.7. The van der Waals surface area contributed by atoms with Gasteiger partial charge in [-0.3, -0.25) is 9.59 Å². The van der Waals surface area contributed by atoms with E-state index >= 15 is 0 Å². The molecule has 0 unspecified atom stereocenters. The van der Waals surface area contributed by atoms with Gasteiger partial charge in [0.25, 0.3) is 0 Å². The van der Waals surface area contributed by atoms with Crippen molar-refractivity contribution < 1.29 is 23.8 Å². The molecule has 2 aromatic rings. The summed E-state index contributed by atoms with van der Waals surface area (Å²) in [6.07, 6.45) is 0.188. The maximum Gasteiger partial charge on any atom is 0.316 e. The molecule has 0 N–H and O–H groups in total. The standard InChI is InChI=1S/C26H33NO5/c1-16(2)24-23(25(29)32-26(3,4)5)19-11-9-8-10-17(19)14-22(28)27(24)20-13-12-18(30-6)15-21(20)31-7/h8-13,15-16,23-24H,14H2,1-7H3/t23-,24+/m1/s1. The van der Waals surface area contributed by atoms with Crippen molar-refractivity contribution in [2.75, 3.05) is 19.1 Å². The number of methoxy groups -OCH3 is 2. The number of hydrogen-bond donors (Lipinski definition) is 0. The van der Waals surface area contributed by atoms with E-state index in [4.69, 9.17) is 14.2 Å². The van der Waals surface area contributed by atoms with Crippen LogP contribution < -0.4 is 14.4 Å². The van der Waals surface area contributed by atoms with Crippen LogP contribution in [0.25, 0.3) is 0 Å². The van der Waals surface area contributed by atoms with E-state index in [0.717, 1.165) is 11.1 Å². The van der Waals surface area contributed by atoms with Gasteiger partial charge in [-0.05, 0) is 49.9 Å². The van der Waals surface area contributed by atoms with Crippen molar-refractivity contribution in [3.63, 3.8) is 0 Å². The summed E-state index contributed by atoms with van der Waals surface area (Å²) in [5.41, 5.74) is 1.64. The average molecular weight is 440 g/mol. The molecule has 1 aliphatic heterocycles. The van der Waals surface area contributed by atoms with Crippen LogP contribution in [-0.2, 0) is 20.7 Å². The molecule has 0 fully saturated rings. The normalized spacial score (nSPS) is 18.8. The van der Waals surface area contributed by atoms with Crippen molar-refractivity contribution in [2.45, 2.75) is 58.6 Å². The first-order valence-corrected chi connectivity index (χ1v) is 10.9. The zero-order valence-electron chi connectivity index (χ0n) is 20.0. The fourth-order valence-electron chi connectivity index (χ4n) is 4.34. The van der Waals surface area contributed by atoms with Gasteiger partial charge in [0.1, 0.15) is 23.0 Å². The van der Waals surface area contributed by atoms with Crippen LogP contribution in [-0.4, -0.2) is 37.7 Å². The van der Waals surface area contributed by atoms with E-state index in [-0.39, 0.29) is 24.2 Å². The molecule has 0 aromatic heterocycles. The van der Waals surface area contributed by atoms with Crippen molar-refractivity contribution in [2.24, 2.45) is 5.92 Å². The van der Waals surface area contributed by atoms with E-state index in [0.29, 0.717) is 17.2 Å². The fourth-order valence-corrected chi connectivity index (χ4v) is 4.34. The highest BCUT2D eigenvalue weighted by Gasteiger charge is 2.45. The van der Waals surface area contributed by atoms with Gasteiger partial charge in [0.05, 0.1) is 32.4 Å². The molecule has 1 aliphatic rings. The second kappa shape index (κ2) is 9.23. The Bertz CT molecular complexity index is 992. The van der Waals surface area contributed by atoms with Crippen LogP contribution in [0.4, 0.5) is 5.69 Å². The first-order valence-electron chi connectivity index (χ1n) is 10.9. The lowest BCUT2D eigenvalue weighted by Gasteiger charge is -2.38. The lowest BCUT2D eigenvalue weighted by atomic mass is 9.82. The number of carbonyl (C=O) groups is 2. The summed E-state index contributed by atoms with van der Waals surface area (Å²) in [7, 11) is 3.14. The number of anilines is 1. The minimum atomic E-state index is -0.646. The SMILES string of the molecule is COc1ccc(N2C(=O)Cc3ccccc3[C@@H](C(=O)OC(C)(C)C)[C@@H]2C(C)C)c(OC)c1. The molecule has 3 rings (SSSR count). The Labute approximate surface area is 190 Å². The molecule has 1 amide bonds. The Morgan fingerprint density at radius 1 is 1.06 bits per heavy atom. The molecule has 6 heteroatoms. The monoisotopic (exact) mass is 439 g/mol. The molecular formula is C26H33NO5. The number of amides is 1. The topological polar surface area (TPSA) is 65.1 Å². The van der Waals surface area contributed by atoms with Crippen LogP contribution in [0, 0.1) is 5.92 Å². The van der Waals surface area contributed by atoms with Crippen LogP contribution in [0.3, 0.4) is 0 Å². The van der Waals surface area contributed by atoms with Gasteiger partial charge >= 0.3 is 5.97 Å². The van der Waals surface area contributed by atoms with Crippen LogP contribution in [0.15, 0.2) is 42.5 Å². The minimum Gasteiger partial charge on any atom is -0.497 e. The van der Waals surface area contributed by atoms with Crippen molar-refractivity contribution >= 4 is 17.6 Å². The van der Waals surface area contributed by atoms with Crippen molar-refractivity contribution in [3.8, 4) is 11.5 Å². The number of ether oxygens (including phenoxy) is 3. The third-order valence-electron chi connectivity index (χ3n) is 5.63. The Hall–Kier alpha value is -3.02. The van der Waals surface area contributed by atoms with E-state index in [1.165, 1.54) is 0 Å². The van der Waals surface area contributed by atoms with E-state index in [2.05, 4.69) is 0 Å². The van der Waals surface area contributed by atoms with Gasteiger partial charge in [0, 0.05) is 6.07 Å². The number of esters is 1. The Morgan fingerprint density at radius 2 is 1.75 bits per heavy atom. The third-order valence-corrected chi connectivity index (χ3v) is 5.63. The summed E-state index contributed by atoms with van der Waals surface area (Å²) >= 11 is 0. The summed E-state index contributed by atoms with van der Waals surface area (Å²) in [6.45, 7) is 9.60. The summed E-state index contributed by atoms with van der Waals surface area (Å²) in [6, 6.07) is 12.5. The number of rotatable bonds is 5. The van der Waals surface area contributed by atoms with E-state index in [9.17, 15) is 9.59 Å². The largest absolute Gasteiger partial charge is 0.497 e. The van der Waals surface area contributed by atoms with E-state index < -0.39 is 17.6 Å². The lowest BCUT2D eigenvalue weighted by molar-refractivity contribution is -0.157. The number of carbonyl (C=O) groups excluding carboxylic acids is 2. The van der Waals surface area contributed by atoms with Gasteiger partial charge in [0.2, 0.25) is 5.91 Å². The number of benzene rings is 2. The van der Waals surface area contributed by atoms with Crippen LogP contribution >= 0.6 is 0 Å². The molecule has 0 radical (unpaired) electrons. The zero-order valence-corrected chi connectivity index (χ0v) is 20.0. The fraction of sp³-hybridized carbons (Fsp3) is 0.462. The molecule has 0 saturated heterocycles. The van der Waals surface area contributed by atoms with Crippen LogP contribution in [0.5, 0.6) is 11.5 Å². The lowest BCUT2D eigenvalue weighted by Crippen LogP contribution is -2.49. The zero-order chi connectivity index (χ0) is 23.6. The number of fused-ring (bicyclic) bond motifs is 1. The number of nitrogens with zero attached hydrogens (tertiary/aromatic N) is 1.